The number of likely N-dealkylation sites (tertiary alicyclic amines) is 1. The molecule has 0 unspecified atom stereocenters. The van der Waals surface area contributed by atoms with Crippen LogP contribution in [0.15, 0.2) is 12.4 Å². The molecule has 4 nitrogen and oxygen atoms in total. The monoisotopic (exact) mass is 482 g/mol. The number of hydrogen-bond donors (Lipinski definition) is 0. The van der Waals surface area contributed by atoms with Gasteiger partial charge in [-0.05, 0) is 48.7 Å². The van der Waals surface area contributed by atoms with E-state index in [-0.39, 0.29) is 18.1 Å². The van der Waals surface area contributed by atoms with Gasteiger partial charge in [0, 0.05) is 24.4 Å². The Labute approximate surface area is 205 Å². The molecule has 2 atom stereocenters. The zero-order chi connectivity index (χ0) is 24.5. The van der Waals surface area contributed by atoms with Crippen LogP contribution in [-0.4, -0.2) is 42.2 Å². The Balaban J connectivity index is 1.48. The minimum Gasteiger partial charge on any atom is -0.487 e. The molecule has 6 heteroatoms. The first-order valence-electron chi connectivity index (χ1n) is 13.2. The van der Waals surface area contributed by atoms with Gasteiger partial charge in [-0.3, -0.25) is 9.78 Å². The number of ether oxygens (including phenoxy) is 1. The van der Waals surface area contributed by atoms with E-state index in [1.54, 1.807) is 0 Å². The summed E-state index contributed by atoms with van der Waals surface area (Å²) in [6.07, 6.45) is 7.26. The van der Waals surface area contributed by atoms with Crippen LogP contribution in [0.5, 0.6) is 5.75 Å². The summed E-state index contributed by atoms with van der Waals surface area (Å²) < 4.78 is 21.3. The molecule has 1 amide bonds. The molecule has 0 N–H and O–H groups in total. The number of fused-ring (bicyclic) bond motifs is 6. The van der Waals surface area contributed by atoms with Crippen molar-refractivity contribution in [3.05, 3.63) is 23.5 Å². The Hall–Kier alpha value is -1.87. The second-order valence-electron chi connectivity index (χ2n) is 12.3. The molecule has 1 saturated heterocycles. The number of halogens is 1. The number of rotatable bonds is 4. The topological polar surface area (TPSA) is 42.4 Å². The molecule has 4 aliphatic rings. The van der Waals surface area contributed by atoms with Gasteiger partial charge in [-0.1, -0.05) is 47.5 Å². The first kappa shape index (κ1) is 23.8. The van der Waals surface area contributed by atoms with Crippen molar-refractivity contribution in [1.29, 1.82) is 0 Å². The number of pyridine rings is 1. The molecule has 0 spiro atoms. The fraction of sp³-hybridized carbons (Fsp3) is 0.714. The van der Waals surface area contributed by atoms with Crippen molar-refractivity contribution in [1.82, 2.24) is 9.88 Å². The quantitative estimate of drug-likeness (QED) is 0.370. The highest BCUT2D eigenvalue weighted by Crippen LogP contribution is 2.60. The van der Waals surface area contributed by atoms with E-state index in [0.29, 0.717) is 55.3 Å². The van der Waals surface area contributed by atoms with Crippen molar-refractivity contribution in [3.8, 4) is 17.2 Å². The predicted octanol–water partition coefficient (Wildman–Crippen LogP) is 6.36. The van der Waals surface area contributed by atoms with Gasteiger partial charge < -0.3 is 9.64 Å². The number of nitrogens with zero attached hydrogens (tertiary/aromatic N) is 2. The molecular formula is C28H39FN2O2Si. The molecule has 3 heterocycles. The van der Waals surface area contributed by atoms with Crippen molar-refractivity contribution in [2.45, 2.75) is 115 Å². The highest BCUT2D eigenvalue weighted by molar-refractivity contribution is 6.90. The number of amides is 1. The average molecular weight is 483 g/mol. The molecule has 34 heavy (non-hydrogen) atoms. The van der Waals surface area contributed by atoms with Gasteiger partial charge in [-0.25, -0.2) is 4.39 Å². The number of alkyl halides is 1. The maximum absolute atomic E-state index is 14.9. The molecule has 0 aromatic carbocycles. The number of aromatic nitrogens is 1. The molecule has 184 valence electrons. The SMILES string of the molecule is CC(C)[Si](C#Cc1cncc2c1O[C@H]1C[C@@H]2N(C(=O)C23CCC(F)(CC2)C3)C1)(C(C)C)C(C)C. The predicted molar refractivity (Wildman–Crippen MR) is 135 cm³/mol. The Bertz CT molecular complexity index is 1030. The molecule has 2 aliphatic carbocycles. The van der Waals surface area contributed by atoms with Crippen LogP contribution in [0, 0.1) is 16.9 Å². The lowest BCUT2D eigenvalue weighted by Gasteiger charge is -2.38. The van der Waals surface area contributed by atoms with Crippen LogP contribution in [0.2, 0.25) is 16.6 Å². The maximum atomic E-state index is 14.9. The van der Waals surface area contributed by atoms with E-state index in [2.05, 4.69) is 58.0 Å². The van der Waals surface area contributed by atoms with E-state index >= 15 is 0 Å². The fourth-order valence-electron chi connectivity index (χ4n) is 7.83. The van der Waals surface area contributed by atoms with E-state index in [1.807, 2.05) is 17.3 Å². The van der Waals surface area contributed by atoms with Gasteiger partial charge in [0.15, 0.2) is 0 Å². The molecule has 2 aliphatic heterocycles. The highest BCUT2D eigenvalue weighted by Gasteiger charge is 2.61. The van der Waals surface area contributed by atoms with Crippen LogP contribution in [-0.2, 0) is 4.79 Å². The van der Waals surface area contributed by atoms with Gasteiger partial charge >= 0.3 is 0 Å². The number of carbonyl (C=O) groups is 1. The van der Waals surface area contributed by atoms with Gasteiger partial charge in [0.05, 0.1) is 23.6 Å². The second kappa shape index (κ2) is 8.08. The summed E-state index contributed by atoms with van der Waals surface area (Å²) in [7, 11) is -1.89. The van der Waals surface area contributed by atoms with Crippen LogP contribution in [0.1, 0.15) is 97.2 Å². The third-order valence-corrected chi connectivity index (χ3v) is 15.9. The summed E-state index contributed by atoms with van der Waals surface area (Å²) in [5, 5.41) is 0. The smallest absolute Gasteiger partial charge is 0.229 e. The first-order chi connectivity index (χ1) is 16.0. The summed E-state index contributed by atoms with van der Waals surface area (Å²) in [5.74, 6) is 4.48. The molecule has 3 fully saturated rings. The van der Waals surface area contributed by atoms with Gasteiger partial charge in [-0.15, -0.1) is 5.54 Å². The fourth-order valence-corrected chi connectivity index (χ4v) is 13.0. The van der Waals surface area contributed by atoms with E-state index in [0.717, 1.165) is 23.3 Å². The summed E-state index contributed by atoms with van der Waals surface area (Å²) in [4.78, 5) is 20.3. The average Bonchev–Trinajstić information content (AvgIpc) is 3.42. The second-order valence-corrected chi connectivity index (χ2v) is 17.9. The van der Waals surface area contributed by atoms with Gasteiger partial charge in [-0.2, -0.15) is 0 Å². The van der Waals surface area contributed by atoms with Crippen LogP contribution in [0.25, 0.3) is 0 Å². The van der Waals surface area contributed by atoms with Gasteiger partial charge in [0.1, 0.15) is 25.6 Å². The van der Waals surface area contributed by atoms with Crippen LogP contribution >= 0.6 is 0 Å². The van der Waals surface area contributed by atoms with Gasteiger partial charge in [0.25, 0.3) is 0 Å². The van der Waals surface area contributed by atoms with Crippen molar-refractivity contribution in [2.24, 2.45) is 5.41 Å². The van der Waals surface area contributed by atoms with E-state index in [9.17, 15) is 9.18 Å². The Kier molecular flexibility index (Phi) is 5.67. The maximum Gasteiger partial charge on any atom is 0.229 e. The van der Waals surface area contributed by atoms with Crippen LogP contribution < -0.4 is 4.74 Å². The minimum atomic E-state index is -1.89. The largest absolute Gasteiger partial charge is 0.487 e. The van der Waals surface area contributed by atoms with Crippen LogP contribution in [0.3, 0.4) is 0 Å². The molecule has 1 aromatic rings. The molecule has 5 rings (SSSR count). The molecular weight excluding hydrogens is 443 g/mol. The molecule has 4 bridgehead atoms. The zero-order valence-electron chi connectivity index (χ0n) is 21.6. The zero-order valence-corrected chi connectivity index (χ0v) is 22.6. The lowest BCUT2D eigenvalue weighted by molar-refractivity contribution is -0.142. The highest BCUT2D eigenvalue weighted by atomic mass is 28.3. The lowest BCUT2D eigenvalue weighted by Crippen LogP contribution is -2.43. The van der Waals surface area contributed by atoms with Crippen LogP contribution in [0.4, 0.5) is 4.39 Å². The van der Waals surface area contributed by atoms with Crippen molar-refractivity contribution < 1.29 is 13.9 Å². The number of hydrogen-bond acceptors (Lipinski definition) is 3. The Morgan fingerprint density at radius 1 is 1.12 bits per heavy atom. The lowest BCUT2D eigenvalue weighted by atomic mass is 9.82. The Morgan fingerprint density at radius 2 is 1.76 bits per heavy atom. The standard InChI is InChI=1S/C28H39FN2O2Si/c1-18(2)34(19(3)4,20(5)6)12-7-21-14-30-15-23-24-13-22(33-25(21)23)16-31(24)26(32)27-8-10-28(29,17-27)11-9-27/h14-15,18-20,22,24H,8-11,13,16-17H2,1-6H3/t22-,24-,27?,28?/m0/s1. The van der Waals surface area contributed by atoms with Crippen molar-refractivity contribution >= 4 is 14.0 Å². The molecule has 2 saturated carbocycles. The van der Waals surface area contributed by atoms with Crippen molar-refractivity contribution in [3.63, 3.8) is 0 Å². The third-order valence-electron chi connectivity index (χ3n) is 9.58. The molecule has 1 aromatic heterocycles. The third kappa shape index (κ3) is 3.45. The summed E-state index contributed by atoms with van der Waals surface area (Å²) >= 11 is 0. The van der Waals surface area contributed by atoms with Gasteiger partial charge in [0.2, 0.25) is 5.91 Å². The first-order valence-corrected chi connectivity index (χ1v) is 15.4. The molecule has 0 radical (unpaired) electrons. The summed E-state index contributed by atoms with van der Waals surface area (Å²) in [6.45, 7) is 14.5. The van der Waals surface area contributed by atoms with E-state index in [4.69, 9.17) is 4.74 Å². The van der Waals surface area contributed by atoms with E-state index < -0.39 is 19.2 Å². The number of carbonyl (C=O) groups excluding carboxylic acids is 1. The van der Waals surface area contributed by atoms with E-state index in [1.165, 1.54) is 0 Å². The normalized spacial score (nSPS) is 31.6. The Morgan fingerprint density at radius 3 is 2.32 bits per heavy atom. The van der Waals surface area contributed by atoms with Crippen molar-refractivity contribution in [2.75, 3.05) is 6.54 Å². The minimum absolute atomic E-state index is 0.0268. The summed E-state index contributed by atoms with van der Waals surface area (Å²) in [5.41, 5.74) is 5.65. The summed E-state index contributed by atoms with van der Waals surface area (Å²) in [6, 6.07) is -0.0395.